The summed E-state index contributed by atoms with van der Waals surface area (Å²) in [7, 11) is 0. The fourth-order valence-corrected chi connectivity index (χ4v) is 2.45. The van der Waals surface area contributed by atoms with Crippen LogP contribution < -0.4 is 10.6 Å². The molecule has 4 rings (SSSR count). The number of nitrogens with zero attached hydrogens (tertiary/aromatic N) is 4. The second-order valence-corrected chi connectivity index (χ2v) is 5.93. The Bertz CT molecular complexity index is 1070. The third-order valence-electron chi connectivity index (χ3n) is 4.01. The van der Waals surface area contributed by atoms with Crippen molar-refractivity contribution < 1.29 is 9.74 Å². The molecular formula is C18H16N6O2. The molecule has 0 amide bonds. The number of phenolic OH excluding ortho intramolecular Hbond substituents is 1. The number of nitrogens with one attached hydrogen (secondary N) is 2. The average molecular weight is 348 g/mol. The van der Waals surface area contributed by atoms with Gasteiger partial charge in [0.25, 0.3) is 0 Å². The summed E-state index contributed by atoms with van der Waals surface area (Å²) in [6, 6.07) is 12.7. The number of anilines is 4. The van der Waals surface area contributed by atoms with Crippen LogP contribution in [0.1, 0.15) is 11.1 Å². The van der Waals surface area contributed by atoms with Crippen molar-refractivity contribution in [3.8, 4) is 5.75 Å². The molecule has 0 unspecified atom stereocenters. The Balaban J connectivity index is 1.73. The minimum atomic E-state index is 0.186. The molecule has 0 atom stereocenters. The zero-order chi connectivity index (χ0) is 18.1. The molecule has 8 nitrogen and oxygen atoms in total. The van der Waals surface area contributed by atoms with Gasteiger partial charge in [-0.05, 0) is 71.7 Å². The van der Waals surface area contributed by atoms with E-state index in [0.717, 1.165) is 11.4 Å². The van der Waals surface area contributed by atoms with Crippen LogP contribution in [0.5, 0.6) is 5.75 Å². The van der Waals surface area contributed by atoms with Crippen LogP contribution in [0, 0.1) is 13.8 Å². The molecular weight excluding hydrogens is 332 g/mol. The van der Waals surface area contributed by atoms with Gasteiger partial charge in [-0.25, -0.2) is 14.6 Å². The van der Waals surface area contributed by atoms with E-state index in [4.69, 9.17) is 4.63 Å². The molecule has 2 aromatic carbocycles. The first-order chi connectivity index (χ1) is 12.6. The van der Waals surface area contributed by atoms with Gasteiger partial charge in [0.2, 0.25) is 11.3 Å². The van der Waals surface area contributed by atoms with E-state index in [2.05, 4.69) is 37.8 Å². The van der Waals surface area contributed by atoms with E-state index in [1.54, 1.807) is 24.3 Å². The lowest BCUT2D eigenvalue weighted by Gasteiger charge is -2.12. The number of hydrogen-bond donors (Lipinski definition) is 3. The average Bonchev–Trinajstić information content (AvgIpc) is 3.07. The molecule has 2 aromatic heterocycles. The fraction of sp³-hybridized carbons (Fsp3) is 0.111. The first-order valence-corrected chi connectivity index (χ1v) is 7.99. The quantitative estimate of drug-likeness (QED) is 0.478. The Kier molecular flexibility index (Phi) is 3.85. The predicted molar refractivity (Wildman–Crippen MR) is 98.0 cm³/mol. The van der Waals surface area contributed by atoms with E-state index in [-0.39, 0.29) is 5.75 Å². The molecule has 2 heterocycles. The summed E-state index contributed by atoms with van der Waals surface area (Å²) >= 11 is 0. The van der Waals surface area contributed by atoms with Crippen molar-refractivity contribution in [2.45, 2.75) is 13.8 Å². The molecule has 0 radical (unpaired) electrons. The van der Waals surface area contributed by atoms with Gasteiger partial charge in [-0.2, -0.15) is 0 Å². The Morgan fingerprint density at radius 1 is 0.769 bits per heavy atom. The second kappa shape index (κ2) is 6.32. The van der Waals surface area contributed by atoms with Crippen LogP contribution >= 0.6 is 0 Å². The fourth-order valence-electron chi connectivity index (χ4n) is 2.45. The lowest BCUT2D eigenvalue weighted by molar-refractivity contribution is 0.314. The normalized spacial score (nSPS) is 10.8. The lowest BCUT2D eigenvalue weighted by Crippen LogP contribution is -2.03. The number of rotatable bonds is 4. The summed E-state index contributed by atoms with van der Waals surface area (Å²) in [5, 5.41) is 23.4. The molecule has 0 fully saturated rings. The van der Waals surface area contributed by atoms with Crippen molar-refractivity contribution in [3.63, 3.8) is 0 Å². The number of aromatic nitrogens is 4. The van der Waals surface area contributed by atoms with Crippen molar-refractivity contribution in [2.24, 2.45) is 0 Å². The highest BCUT2D eigenvalue weighted by Gasteiger charge is 2.13. The third-order valence-corrected chi connectivity index (χ3v) is 4.01. The van der Waals surface area contributed by atoms with Gasteiger partial charge in [-0.3, -0.25) is 0 Å². The van der Waals surface area contributed by atoms with Crippen molar-refractivity contribution in [2.75, 3.05) is 10.6 Å². The van der Waals surface area contributed by atoms with E-state index in [0.29, 0.717) is 22.9 Å². The maximum atomic E-state index is 9.44. The van der Waals surface area contributed by atoms with Gasteiger partial charge in [-0.15, -0.1) is 0 Å². The van der Waals surface area contributed by atoms with E-state index in [9.17, 15) is 5.11 Å². The molecule has 0 aliphatic rings. The number of aryl methyl sites for hydroxylation is 2. The summed E-state index contributed by atoms with van der Waals surface area (Å²) < 4.78 is 4.71. The monoisotopic (exact) mass is 348 g/mol. The topological polar surface area (TPSA) is 109 Å². The molecule has 130 valence electrons. The van der Waals surface area contributed by atoms with Crippen molar-refractivity contribution in [1.29, 1.82) is 0 Å². The van der Waals surface area contributed by atoms with Gasteiger partial charge < -0.3 is 15.7 Å². The Morgan fingerprint density at radius 2 is 1.35 bits per heavy atom. The number of phenols is 1. The first-order valence-electron chi connectivity index (χ1n) is 7.99. The summed E-state index contributed by atoms with van der Waals surface area (Å²) in [4.78, 5) is 8.87. The smallest absolute Gasteiger partial charge is 0.245 e. The highest BCUT2D eigenvalue weighted by Crippen LogP contribution is 2.28. The van der Waals surface area contributed by atoms with Gasteiger partial charge in [0.05, 0.1) is 0 Å². The Labute approximate surface area is 148 Å². The van der Waals surface area contributed by atoms with Crippen LogP contribution in [0.4, 0.5) is 23.0 Å². The molecule has 3 N–H and O–H groups in total. The van der Waals surface area contributed by atoms with E-state index >= 15 is 0 Å². The van der Waals surface area contributed by atoms with E-state index < -0.39 is 0 Å². The van der Waals surface area contributed by atoms with Crippen molar-refractivity contribution in [1.82, 2.24) is 20.3 Å². The zero-order valence-corrected chi connectivity index (χ0v) is 14.2. The molecule has 0 aliphatic heterocycles. The maximum absolute atomic E-state index is 9.44. The highest BCUT2D eigenvalue weighted by molar-refractivity contribution is 5.79. The van der Waals surface area contributed by atoms with Gasteiger partial charge in [0.15, 0.2) is 11.6 Å². The number of fused-ring (bicyclic) bond motifs is 1. The first kappa shape index (κ1) is 15.8. The maximum Gasteiger partial charge on any atom is 0.245 e. The predicted octanol–water partition coefficient (Wildman–Crippen LogP) is 3.82. The number of hydrogen-bond acceptors (Lipinski definition) is 8. The molecule has 0 bridgehead atoms. The van der Waals surface area contributed by atoms with Crippen LogP contribution in [-0.4, -0.2) is 25.4 Å². The van der Waals surface area contributed by atoms with Crippen LogP contribution in [0.3, 0.4) is 0 Å². The highest BCUT2D eigenvalue weighted by atomic mass is 16.6. The van der Waals surface area contributed by atoms with Gasteiger partial charge >= 0.3 is 0 Å². The van der Waals surface area contributed by atoms with Crippen LogP contribution in [-0.2, 0) is 0 Å². The second-order valence-electron chi connectivity index (χ2n) is 5.93. The van der Waals surface area contributed by atoms with Gasteiger partial charge in [-0.1, -0.05) is 6.07 Å². The SMILES string of the molecule is Cc1ccc(Nc2nc3nonc3nc2Nc2ccc(O)cc2)cc1C. The Hall–Kier alpha value is -3.68. The molecule has 4 aromatic rings. The third kappa shape index (κ3) is 3.12. The molecule has 0 saturated heterocycles. The summed E-state index contributed by atoms with van der Waals surface area (Å²) in [6.45, 7) is 4.11. The van der Waals surface area contributed by atoms with Gasteiger partial charge in [0.1, 0.15) is 5.75 Å². The van der Waals surface area contributed by atoms with E-state index in [1.807, 2.05) is 25.1 Å². The minimum Gasteiger partial charge on any atom is -0.508 e. The van der Waals surface area contributed by atoms with Crippen LogP contribution in [0.15, 0.2) is 47.1 Å². The number of aromatic hydroxyl groups is 1. The molecule has 26 heavy (non-hydrogen) atoms. The van der Waals surface area contributed by atoms with Gasteiger partial charge in [0, 0.05) is 11.4 Å². The zero-order valence-electron chi connectivity index (χ0n) is 14.2. The number of benzene rings is 2. The van der Waals surface area contributed by atoms with Crippen LogP contribution in [0.2, 0.25) is 0 Å². The molecule has 0 saturated carbocycles. The standard InChI is InChI=1S/C18H16N6O2/c1-10-3-4-13(9-11(10)2)20-16-15(19-12-5-7-14(25)8-6-12)21-17-18(22-16)24-26-23-17/h3-9,25H,1-2H3,(H,19,21,23)(H,20,22,24). The summed E-state index contributed by atoms with van der Waals surface area (Å²) in [5.74, 6) is 1.15. The van der Waals surface area contributed by atoms with Crippen molar-refractivity contribution >= 4 is 34.3 Å². The molecule has 0 aliphatic carbocycles. The Morgan fingerprint density at radius 3 is 1.96 bits per heavy atom. The summed E-state index contributed by atoms with van der Waals surface area (Å²) in [6.07, 6.45) is 0. The lowest BCUT2D eigenvalue weighted by atomic mass is 10.1. The minimum absolute atomic E-state index is 0.186. The van der Waals surface area contributed by atoms with Crippen LogP contribution in [0.25, 0.3) is 11.3 Å². The molecule has 8 heteroatoms. The summed E-state index contributed by atoms with van der Waals surface area (Å²) in [5.41, 5.74) is 4.62. The largest absolute Gasteiger partial charge is 0.508 e. The van der Waals surface area contributed by atoms with E-state index in [1.165, 1.54) is 11.1 Å². The molecule has 0 spiro atoms. The van der Waals surface area contributed by atoms with Crippen molar-refractivity contribution in [3.05, 3.63) is 53.6 Å².